The van der Waals surface area contributed by atoms with Crippen LogP contribution in [0.4, 0.5) is 17.5 Å². The molecule has 0 radical (unpaired) electrons. The molecule has 1 aromatic carbocycles. The minimum Gasteiger partial charge on any atom is -0.368 e. The maximum Gasteiger partial charge on any atom is 0.254 e. The van der Waals surface area contributed by atoms with Gasteiger partial charge in [0.1, 0.15) is 17.4 Å². The van der Waals surface area contributed by atoms with E-state index in [0.717, 1.165) is 10.9 Å². The number of primary amides is 2. The molecule has 0 fully saturated rings. The van der Waals surface area contributed by atoms with E-state index in [4.69, 9.17) is 11.5 Å². The lowest BCUT2D eigenvalue weighted by molar-refractivity contribution is -0.119. The van der Waals surface area contributed by atoms with E-state index in [2.05, 4.69) is 25.5 Å². The van der Waals surface area contributed by atoms with E-state index in [-0.39, 0.29) is 17.3 Å². The number of likely N-dealkylation sites (N-methyl/N-ethyl adjacent to an activating group) is 1. The van der Waals surface area contributed by atoms with Crippen LogP contribution in [0.1, 0.15) is 23.7 Å². The molecular weight excluding hydrogens is 348 g/mol. The van der Waals surface area contributed by atoms with Crippen molar-refractivity contribution in [1.82, 2.24) is 20.2 Å². The standard InChI is InChI=1S/C17H20N8O2/c1-3-13(15(19)27)25(2)17-20-8-11(14(18)26)16(23-17)22-10-4-5-12-9(6-10)7-21-24-12/h4-8,13H,3H2,1-2H3,(H2,18,26)(H2,19,27)(H,21,24)(H,20,22,23). The van der Waals surface area contributed by atoms with Gasteiger partial charge in [-0.25, -0.2) is 4.98 Å². The maximum atomic E-state index is 11.8. The summed E-state index contributed by atoms with van der Waals surface area (Å²) in [5.41, 5.74) is 12.6. The molecule has 6 N–H and O–H groups in total. The molecule has 0 aliphatic carbocycles. The van der Waals surface area contributed by atoms with E-state index < -0.39 is 17.9 Å². The number of nitrogens with two attached hydrogens (primary N) is 2. The zero-order chi connectivity index (χ0) is 19.6. The molecule has 0 saturated carbocycles. The van der Waals surface area contributed by atoms with Gasteiger partial charge < -0.3 is 21.7 Å². The van der Waals surface area contributed by atoms with Crippen LogP contribution >= 0.6 is 0 Å². The lowest BCUT2D eigenvalue weighted by Crippen LogP contribution is -2.43. The number of nitrogens with zero attached hydrogens (tertiary/aromatic N) is 4. The fourth-order valence-electron chi connectivity index (χ4n) is 2.78. The number of aromatic amines is 1. The average Bonchev–Trinajstić information content (AvgIpc) is 3.09. The van der Waals surface area contributed by atoms with Crippen molar-refractivity contribution in [2.45, 2.75) is 19.4 Å². The molecule has 27 heavy (non-hydrogen) atoms. The van der Waals surface area contributed by atoms with Crippen molar-refractivity contribution in [3.05, 3.63) is 36.2 Å². The maximum absolute atomic E-state index is 11.8. The topological polar surface area (TPSA) is 156 Å². The number of hydrogen-bond acceptors (Lipinski definition) is 7. The Labute approximate surface area is 155 Å². The smallest absolute Gasteiger partial charge is 0.254 e. The molecule has 1 atom stereocenters. The van der Waals surface area contributed by atoms with Crippen LogP contribution in [0.3, 0.4) is 0 Å². The Morgan fingerprint density at radius 2 is 2.07 bits per heavy atom. The SMILES string of the molecule is CCC(C(N)=O)N(C)c1ncc(C(N)=O)c(Nc2ccc3[nH]ncc3c2)n1. The van der Waals surface area contributed by atoms with Crippen LogP contribution in [-0.2, 0) is 4.79 Å². The Morgan fingerprint density at radius 1 is 1.30 bits per heavy atom. The average molecular weight is 368 g/mol. The van der Waals surface area contributed by atoms with Crippen molar-refractivity contribution in [3.63, 3.8) is 0 Å². The molecule has 0 aliphatic heterocycles. The summed E-state index contributed by atoms with van der Waals surface area (Å²) in [6.45, 7) is 1.84. The van der Waals surface area contributed by atoms with Gasteiger partial charge in [0.05, 0.1) is 11.7 Å². The third kappa shape index (κ3) is 3.64. The lowest BCUT2D eigenvalue weighted by Gasteiger charge is -2.25. The molecule has 0 aliphatic rings. The molecule has 0 saturated heterocycles. The molecular formula is C17H20N8O2. The van der Waals surface area contributed by atoms with E-state index in [1.807, 2.05) is 25.1 Å². The van der Waals surface area contributed by atoms with Crippen LogP contribution in [0.25, 0.3) is 10.9 Å². The molecule has 1 unspecified atom stereocenters. The third-order valence-corrected chi connectivity index (χ3v) is 4.24. The number of amides is 2. The minimum absolute atomic E-state index is 0.131. The number of H-pyrrole nitrogens is 1. The molecule has 3 aromatic rings. The Hall–Kier alpha value is -3.69. The Balaban J connectivity index is 1.98. The normalized spacial score (nSPS) is 11.9. The van der Waals surface area contributed by atoms with Gasteiger partial charge in [0.2, 0.25) is 11.9 Å². The summed E-state index contributed by atoms with van der Waals surface area (Å²) >= 11 is 0. The van der Waals surface area contributed by atoms with Gasteiger partial charge in [0, 0.05) is 24.3 Å². The zero-order valence-corrected chi connectivity index (χ0v) is 14.9. The number of rotatable bonds is 7. The summed E-state index contributed by atoms with van der Waals surface area (Å²) in [5.74, 6) is -0.667. The first-order valence-electron chi connectivity index (χ1n) is 8.29. The van der Waals surface area contributed by atoms with Crippen molar-refractivity contribution < 1.29 is 9.59 Å². The fraction of sp³-hybridized carbons (Fsp3) is 0.235. The van der Waals surface area contributed by atoms with Gasteiger partial charge in [-0.3, -0.25) is 14.7 Å². The van der Waals surface area contributed by atoms with Crippen molar-refractivity contribution in [2.24, 2.45) is 11.5 Å². The first-order chi connectivity index (χ1) is 12.9. The van der Waals surface area contributed by atoms with Gasteiger partial charge in [-0.2, -0.15) is 10.1 Å². The summed E-state index contributed by atoms with van der Waals surface area (Å²) in [5, 5.41) is 10.8. The number of carbonyl (C=O) groups excluding carboxylic acids is 2. The largest absolute Gasteiger partial charge is 0.368 e. The van der Waals surface area contributed by atoms with Gasteiger partial charge in [0.15, 0.2) is 0 Å². The van der Waals surface area contributed by atoms with Crippen LogP contribution in [0, 0.1) is 0 Å². The number of nitrogens with one attached hydrogen (secondary N) is 2. The van der Waals surface area contributed by atoms with Crippen LogP contribution in [0.5, 0.6) is 0 Å². The number of fused-ring (bicyclic) bond motifs is 1. The van der Waals surface area contributed by atoms with E-state index in [0.29, 0.717) is 12.1 Å². The van der Waals surface area contributed by atoms with Gasteiger partial charge in [-0.1, -0.05) is 6.92 Å². The fourth-order valence-corrected chi connectivity index (χ4v) is 2.78. The number of hydrogen-bond donors (Lipinski definition) is 4. The molecule has 10 nitrogen and oxygen atoms in total. The molecule has 140 valence electrons. The predicted molar refractivity (Wildman–Crippen MR) is 102 cm³/mol. The van der Waals surface area contributed by atoms with E-state index in [1.165, 1.54) is 6.20 Å². The molecule has 3 rings (SSSR count). The highest BCUT2D eigenvalue weighted by Crippen LogP contribution is 2.24. The Morgan fingerprint density at radius 3 is 2.74 bits per heavy atom. The highest BCUT2D eigenvalue weighted by Gasteiger charge is 2.22. The van der Waals surface area contributed by atoms with Gasteiger partial charge in [0.25, 0.3) is 5.91 Å². The second kappa shape index (κ2) is 7.28. The van der Waals surface area contributed by atoms with Crippen LogP contribution in [0.2, 0.25) is 0 Å². The van der Waals surface area contributed by atoms with E-state index >= 15 is 0 Å². The summed E-state index contributed by atoms with van der Waals surface area (Å²) in [7, 11) is 1.67. The monoisotopic (exact) mass is 368 g/mol. The molecule has 2 heterocycles. The number of carbonyl (C=O) groups is 2. The van der Waals surface area contributed by atoms with E-state index in [1.54, 1.807) is 18.1 Å². The lowest BCUT2D eigenvalue weighted by atomic mass is 10.2. The second-order valence-corrected chi connectivity index (χ2v) is 6.03. The molecule has 2 aromatic heterocycles. The molecule has 0 bridgehead atoms. The van der Waals surface area contributed by atoms with Crippen molar-refractivity contribution in [2.75, 3.05) is 17.3 Å². The van der Waals surface area contributed by atoms with Crippen molar-refractivity contribution in [1.29, 1.82) is 0 Å². The van der Waals surface area contributed by atoms with Crippen LogP contribution < -0.4 is 21.7 Å². The number of anilines is 3. The van der Waals surface area contributed by atoms with Crippen molar-refractivity contribution in [3.8, 4) is 0 Å². The van der Waals surface area contributed by atoms with Gasteiger partial charge in [-0.05, 0) is 24.6 Å². The van der Waals surface area contributed by atoms with Crippen LogP contribution in [0.15, 0.2) is 30.6 Å². The summed E-state index contributed by atoms with van der Waals surface area (Å²) < 4.78 is 0. The Kier molecular flexibility index (Phi) is 4.88. The Bertz CT molecular complexity index is 1000. The highest BCUT2D eigenvalue weighted by atomic mass is 16.1. The predicted octanol–water partition coefficient (Wildman–Crippen LogP) is 0.896. The van der Waals surface area contributed by atoms with Gasteiger partial charge >= 0.3 is 0 Å². The van der Waals surface area contributed by atoms with Crippen LogP contribution in [-0.4, -0.2) is 45.1 Å². The highest BCUT2D eigenvalue weighted by molar-refractivity contribution is 5.98. The third-order valence-electron chi connectivity index (χ3n) is 4.24. The first-order valence-corrected chi connectivity index (χ1v) is 8.29. The minimum atomic E-state index is -0.668. The molecule has 2 amide bonds. The molecule has 0 spiro atoms. The van der Waals surface area contributed by atoms with E-state index in [9.17, 15) is 9.59 Å². The molecule has 10 heteroatoms. The zero-order valence-electron chi connectivity index (χ0n) is 14.9. The summed E-state index contributed by atoms with van der Waals surface area (Å²) in [6, 6.07) is 4.95. The number of aromatic nitrogens is 4. The quantitative estimate of drug-likeness (QED) is 0.482. The second-order valence-electron chi connectivity index (χ2n) is 6.03. The number of benzene rings is 1. The summed E-state index contributed by atoms with van der Waals surface area (Å²) in [6.07, 6.45) is 3.51. The van der Waals surface area contributed by atoms with Crippen molar-refractivity contribution >= 4 is 40.2 Å². The summed E-state index contributed by atoms with van der Waals surface area (Å²) in [4.78, 5) is 33.5. The van der Waals surface area contributed by atoms with Gasteiger partial charge in [-0.15, -0.1) is 0 Å². The first kappa shape index (κ1) is 18.1.